The maximum Gasteiger partial charge on any atom is 0.0799 e. The first-order valence-electron chi connectivity index (χ1n) is 9.91. The summed E-state index contributed by atoms with van der Waals surface area (Å²) in [5.41, 5.74) is 6.68. The van der Waals surface area contributed by atoms with E-state index in [1.165, 1.54) is 55.2 Å². The van der Waals surface area contributed by atoms with Crippen LogP contribution in [0, 0.1) is 19.8 Å². The lowest BCUT2D eigenvalue weighted by Crippen LogP contribution is -2.41. The summed E-state index contributed by atoms with van der Waals surface area (Å²) < 4.78 is 0. The van der Waals surface area contributed by atoms with Gasteiger partial charge in [0.15, 0.2) is 0 Å². The summed E-state index contributed by atoms with van der Waals surface area (Å²) >= 11 is 0. The van der Waals surface area contributed by atoms with E-state index in [4.69, 9.17) is 4.98 Å². The molecule has 1 aliphatic rings. The van der Waals surface area contributed by atoms with Gasteiger partial charge in [-0.25, -0.2) is 0 Å². The molecular weight excluding hydrogens is 318 g/mol. The van der Waals surface area contributed by atoms with Gasteiger partial charge >= 0.3 is 0 Å². The van der Waals surface area contributed by atoms with E-state index >= 15 is 0 Å². The standard InChI is InChI=1S/C23H33NSi/c1-17-11-12-21(18(2)13-17)22-15-20(14-19-9-7-6-8-10-19)23(16-24-22)25(3,4)5/h11-13,15-16,19H,6-10,14H2,1-5H3. The lowest BCUT2D eigenvalue weighted by Gasteiger charge is -2.26. The Labute approximate surface area is 154 Å². The fourth-order valence-electron chi connectivity index (χ4n) is 4.29. The molecular formula is C23H33NSi. The van der Waals surface area contributed by atoms with Crippen LogP contribution in [0.4, 0.5) is 0 Å². The van der Waals surface area contributed by atoms with E-state index in [9.17, 15) is 0 Å². The number of aryl methyl sites for hydroxylation is 2. The molecule has 1 saturated carbocycles. The highest BCUT2D eigenvalue weighted by atomic mass is 28.3. The lowest BCUT2D eigenvalue weighted by molar-refractivity contribution is 0.357. The average molecular weight is 352 g/mol. The molecule has 0 unspecified atom stereocenters. The minimum absolute atomic E-state index is 0.873. The molecule has 0 N–H and O–H groups in total. The molecule has 1 aromatic carbocycles. The molecule has 3 rings (SSSR count). The quantitative estimate of drug-likeness (QED) is 0.612. The number of rotatable bonds is 4. The van der Waals surface area contributed by atoms with Crippen molar-refractivity contribution in [3.8, 4) is 11.3 Å². The van der Waals surface area contributed by atoms with Crippen LogP contribution in [0.1, 0.15) is 48.8 Å². The highest BCUT2D eigenvalue weighted by Crippen LogP contribution is 2.29. The number of hydrogen-bond donors (Lipinski definition) is 0. The van der Waals surface area contributed by atoms with Crippen molar-refractivity contribution in [1.82, 2.24) is 4.98 Å². The van der Waals surface area contributed by atoms with Gasteiger partial charge in [0.2, 0.25) is 0 Å². The summed E-state index contributed by atoms with van der Waals surface area (Å²) in [6, 6.07) is 9.13. The number of pyridine rings is 1. The van der Waals surface area contributed by atoms with Gasteiger partial charge in [0.05, 0.1) is 13.8 Å². The number of aromatic nitrogens is 1. The van der Waals surface area contributed by atoms with Crippen LogP contribution < -0.4 is 5.19 Å². The van der Waals surface area contributed by atoms with Crippen LogP contribution in [-0.4, -0.2) is 13.1 Å². The van der Waals surface area contributed by atoms with Crippen molar-refractivity contribution < 1.29 is 0 Å². The van der Waals surface area contributed by atoms with Gasteiger partial charge < -0.3 is 0 Å². The van der Waals surface area contributed by atoms with Gasteiger partial charge in [-0.1, -0.05) is 75.5 Å². The molecule has 1 heterocycles. The molecule has 0 bridgehead atoms. The van der Waals surface area contributed by atoms with Crippen LogP contribution in [0.5, 0.6) is 0 Å². The monoisotopic (exact) mass is 351 g/mol. The molecule has 2 aromatic rings. The average Bonchev–Trinajstić information content (AvgIpc) is 2.54. The maximum atomic E-state index is 4.89. The van der Waals surface area contributed by atoms with Gasteiger partial charge in [-0.3, -0.25) is 4.98 Å². The first kappa shape index (κ1) is 18.4. The Morgan fingerprint density at radius 3 is 2.36 bits per heavy atom. The minimum atomic E-state index is -1.37. The van der Waals surface area contributed by atoms with Crippen molar-refractivity contribution >= 4 is 13.3 Å². The molecule has 1 nitrogen and oxygen atoms in total. The van der Waals surface area contributed by atoms with Crippen LogP contribution in [0.25, 0.3) is 11.3 Å². The molecule has 0 amide bonds. The summed E-state index contributed by atoms with van der Waals surface area (Å²) in [7, 11) is -1.37. The summed E-state index contributed by atoms with van der Waals surface area (Å²) in [6.07, 6.45) is 10.5. The summed E-state index contributed by atoms with van der Waals surface area (Å²) in [6.45, 7) is 11.7. The fraction of sp³-hybridized carbons (Fsp3) is 0.522. The molecule has 25 heavy (non-hydrogen) atoms. The van der Waals surface area contributed by atoms with E-state index in [0.717, 1.165) is 11.6 Å². The summed E-state index contributed by atoms with van der Waals surface area (Å²) in [5, 5.41) is 1.56. The van der Waals surface area contributed by atoms with Crippen LogP contribution in [-0.2, 0) is 6.42 Å². The first-order valence-corrected chi connectivity index (χ1v) is 13.4. The van der Waals surface area contributed by atoms with Crippen molar-refractivity contribution in [1.29, 1.82) is 0 Å². The van der Waals surface area contributed by atoms with Crippen molar-refractivity contribution in [2.45, 2.75) is 72.0 Å². The van der Waals surface area contributed by atoms with Crippen molar-refractivity contribution in [3.05, 3.63) is 47.2 Å². The highest BCUT2D eigenvalue weighted by molar-refractivity contribution is 6.89. The predicted octanol–water partition coefficient (Wildman–Crippen LogP) is 6.03. The SMILES string of the molecule is Cc1ccc(-c2cc(CC3CCCCC3)c([Si](C)(C)C)cn2)c(C)c1. The third-order valence-corrected chi connectivity index (χ3v) is 7.76. The normalized spacial score (nSPS) is 16.2. The van der Waals surface area contributed by atoms with Gasteiger partial charge in [0.1, 0.15) is 0 Å². The van der Waals surface area contributed by atoms with E-state index in [1.807, 2.05) is 0 Å². The van der Waals surface area contributed by atoms with Gasteiger partial charge in [-0.15, -0.1) is 0 Å². The molecule has 1 aromatic heterocycles. The fourth-order valence-corrected chi connectivity index (χ4v) is 5.88. The smallest absolute Gasteiger partial charge is 0.0799 e. The Morgan fingerprint density at radius 2 is 1.72 bits per heavy atom. The number of hydrogen-bond acceptors (Lipinski definition) is 1. The number of nitrogens with zero attached hydrogens (tertiary/aromatic N) is 1. The van der Waals surface area contributed by atoms with E-state index in [1.54, 1.807) is 10.8 Å². The highest BCUT2D eigenvalue weighted by Gasteiger charge is 2.24. The van der Waals surface area contributed by atoms with E-state index in [0.29, 0.717) is 0 Å². The molecule has 2 heteroatoms. The van der Waals surface area contributed by atoms with E-state index in [2.05, 4.69) is 64.0 Å². The zero-order chi connectivity index (χ0) is 18.0. The van der Waals surface area contributed by atoms with Crippen LogP contribution in [0.3, 0.4) is 0 Å². The van der Waals surface area contributed by atoms with Gasteiger partial charge in [-0.05, 0) is 48.6 Å². The Hall–Kier alpha value is -1.41. The Bertz CT molecular complexity index is 736. The predicted molar refractivity (Wildman–Crippen MR) is 112 cm³/mol. The molecule has 0 atom stereocenters. The molecule has 134 valence electrons. The second-order valence-electron chi connectivity index (χ2n) is 9.00. The minimum Gasteiger partial charge on any atom is -0.256 e. The Morgan fingerprint density at radius 1 is 1.00 bits per heavy atom. The molecule has 0 radical (unpaired) electrons. The molecule has 0 spiro atoms. The lowest BCUT2D eigenvalue weighted by atomic mass is 9.85. The Balaban J connectivity index is 1.99. The van der Waals surface area contributed by atoms with Crippen molar-refractivity contribution in [2.75, 3.05) is 0 Å². The van der Waals surface area contributed by atoms with Crippen LogP contribution >= 0.6 is 0 Å². The van der Waals surface area contributed by atoms with Gasteiger partial charge in [-0.2, -0.15) is 0 Å². The summed E-state index contributed by atoms with van der Waals surface area (Å²) in [5.74, 6) is 0.873. The maximum absolute atomic E-state index is 4.89. The van der Waals surface area contributed by atoms with Gasteiger partial charge in [0, 0.05) is 11.8 Å². The zero-order valence-electron chi connectivity index (χ0n) is 16.7. The van der Waals surface area contributed by atoms with Crippen LogP contribution in [0.15, 0.2) is 30.5 Å². The zero-order valence-corrected chi connectivity index (χ0v) is 17.7. The second kappa shape index (κ2) is 7.45. The molecule has 1 aliphatic carbocycles. The van der Waals surface area contributed by atoms with Crippen LogP contribution in [0.2, 0.25) is 19.6 Å². The third-order valence-electron chi connectivity index (χ3n) is 5.69. The molecule has 0 aliphatic heterocycles. The summed E-state index contributed by atoms with van der Waals surface area (Å²) in [4.78, 5) is 4.89. The third kappa shape index (κ3) is 4.41. The first-order chi connectivity index (χ1) is 11.8. The van der Waals surface area contributed by atoms with E-state index < -0.39 is 8.07 Å². The Kier molecular flexibility index (Phi) is 5.48. The molecule has 0 saturated heterocycles. The molecule has 1 fully saturated rings. The van der Waals surface area contributed by atoms with E-state index in [-0.39, 0.29) is 0 Å². The largest absolute Gasteiger partial charge is 0.256 e. The van der Waals surface area contributed by atoms with Crippen molar-refractivity contribution in [3.63, 3.8) is 0 Å². The number of benzene rings is 1. The van der Waals surface area contributed by atoms with Crippen molar-refractivity contribution in [2.24, 2.45) is 5.92 Å². The van der Waals surface area contributed by atoms with Gasteiger partial charge in [0.25, 0.3) is 0 Å². The topological polar surface area (TPSA) is 12.9 Å². The second-order valence-corrected chi connectivity index (χ2v) is 14.0.